The van der Waals surface area contributed by atoms with Crippen LogP contribution in [0.4, 0.5) is 0 Å². The van der Waals surface area contributed by atoms with Gasteiger partial charge in [-0.1, -0.05) is 0 Å². The summed E-state index contributed by atoms with van der Waals surface area (Å²) in [6.07, 6.45) is 7.17. The lowest BCUT2D eigenvalue weighted by molar-refractivity contribution is 0.520. The molecule has 1 aromatic rings. The minimum absolute atomic E-state index is 0.550. The van der Waals surface area contributed by atoms with Crippen LogP contribution in [0.15, 0.2) is 6.20 Å². The Morgan fingerprint density at radius 1 is 1.59 bits per heavy atom. The van der Waals surface area contributed by atoms with Gasteiger partial charge < -0.3 is 5.32 Å². The van der Waals surface area contributed by atoms with Crippen LogP contribution in [0.1, 0.15) is 29.7 Å². The Morgan fingerprint density at radius 2 is 2.47 bits per heavy atom. The van der Waals surface area contributed by atoms with E-state index in [0.717, 1.165) is 12.3 Å². The third-order valence-corrected chi connectivity index (χ3v) is 5.65. The van der Waals surface area contributed by atoms with Gasteiger partial charge in [-0.25, -0.2) is 4.98 Å². The van der Waals surface area contributed by atoms with Crippen molar-refractivity contribution in [2.24, 2.45) is 5.92 Å². The molecule has 0 amide bonds. The number of aromatic nitrogens is 1. The van der Waals surface area contributed by atoms with E-state index in [1.165, 1.54) is 40.7 Å². The SMILES string of the molecule is CNC(C)Cc1cnc(CC2CCCSC2)s1. The molecule has 0 bridgehead atoms. The maximum absolute atomic E-state index is 4.58. The molecular formula is C13H22N2S2. The molecule has 1 fully saturated rings. The molecule has 1 N–H and O–H groups in total. The van der Waals surface area contributed by atoms with Gasteiger partial charge >= 0.3 is 0 Å². The number of likely N-dealkylation sites (N-methyl/N-ethyl adjacent to an activating group) is 1. The molecule has 4 heteroatoms. The Bertz CT molecular complexity index is 332. The van der Waals surface area contributed by atoms with Crippen molar-refractivity contribution >= 4 is 23.1 Å². The van der Waals surface area contributed by atoms with E-state index in [-0.39, 0.29) is 0 Å². The zero-order valence-electron chi connectivity index (χ0n) is 10.7. The highest BCUT2D eigenvalue weighted by molar-refractivity contribution is 7.99. The predicted molar refractivity (Wildman–Crippen MR) is 78.1 cm³/mol. The van der Waals surface area contributed by atoms with Gasteiger partial charge in [-0.3, -0.25) is 0 Å². The van der Waals surface area contributed by atoms with Crippen molar-refractivity contribution in [3.8, 4) is 0 Å². The summed E-state index contributed by atoms with van der Waals surface area (Å²) in [5, 5.41) is 4.62. The van der Waals surface area contributed by atoms with E-state index in [0.29, 0.717) is 6.04 Å². The minimum atomic E-state index is 0.550. The maximum atomic E-state index is 4.58. The Hall–Kier alpha value is -0.0600. The van der Waals surface area contributed by atoms with Crippen molar-refractivity contribution < 1.29 is 0 Å². The first-order valence-corrected chi connectivity index (χ1v) is 8.43. The molecule has 0 aromatic carbocycles. The molecule has 0 radical (unpaired) electrons. The molecule has 0 spiro atoms. The first-order chi connectivity index (χ1) is 8.28. The van der Waals surface area contributed by atoms with Crippen LogP contribution in [0.25, 0.3) is 0 Å². The monoisotopic (exact) mass is 270 g/mol. The Kier molecular flexibility index (Phi) is 5.32. The van der Waals surface area contributed by atoms with Gasteiger partial charge in [-0.2, -0.15) is 11.8 Å². The van der Waals surface area contributed by atoms with E-state index >= 15 is 0 Å². The summed E-state index contributed by atoms with van der Waals surface area (Å²) in [4.78, 5) is 6.00. The number of nitrogens with one attached hydrogen (secondary N) is 1. The summed E-state index contributed by atoms with van der Waals surface area (Å²) in [6.45, 7) is 2.22. The smallest absolute Gasteiger partial charge is 0.0930 e. The number of thiazole rings is 1. The average molecular weight is 270 g/mol. The van der Waals surface area contributed by atoms with Gasteiger partial charge in [0.25, 0.3) is 0 Å². The maximum Gasteiger partial charge on any atom is 0.0930 e. The largest absolute Gasteiger partial charge is 0.317 e. The third-order valence-electron chi connectivity index (χ3n) is 3.32. The van der Waals surface area contributed by atoms with Crippen LogP contribution < -0.4 is 5.32 Å². The second-order valence-corrected chi connectivity index (χ2v) is 7.25. The molecule has 1 saturated heterocycles. The zero-order valence-corrected chi connectivity index (χ0v) is 12.4. The molecule has 2 rings (SSSR count). The first kappa shape index (κ1) is 13.4. The van der Waals surface area contributed by atoms with Crippen molar-refractivity contribution in [2.75, 3.05) is 18.6 Å². The van der Waals surface area contributed by atoms with Gasteiger partial charge in [-0.05, 0) is 50.7 Å². The predicted octanol–water partition coefficient (Wildman–Crippen LogP) is 2.98. The van der Waals surface area contributed by atoms with Crippen LogP contribution in [0.5, 0.6) is 0 Å². The van der Waals surface area contributed by atoms with Gasteiger partial charge in [0.1, 0.15) is 0 Å². The van der Waals surface area contributed by atoms with E-state index in [4.69, 9.17) is 0 Å². The summed E-state index contributed by atoms with van der Waals surface area (Å²) in [5.74, 6) is 3.57. The van der Waals surface area contributed by atoms with E-state index in [1.54, 1.807) is 0 Å². The second-order valence-electron chi connectivity index (χ2n) is 4.90. The fourth-order valence-corrected chi connectivity index (χ4v) is 4.48. The summed E-state index contributed by atoms with van der Waals surface area (Å²) in [6, 6.07) is 0.550. The Morgan fingerprint density at radius 3 is 3.18 bits per heavy atom. The lowest BCUT2D eigenvalue weighted by Gasteiger charge is -2.19. The number of hydrogen-bond donors (Lipinski definition) is 1. The van der Waals surface area contributed by atoms with Crippen molar-refractivity contribution in [3.05, 3.63) is 16.1 Å². The Labute approximate surface area is 113 Å². The van der Waals surface area contributed by atoms with E-state index < -0.39 is 0 Å². The molecule has 0 saturated carbocycles. The number of hydrogen-bond acceptors (Lipinski definition) is 4. The molecule has 2 atom stereocenters. The first-order valence-electron chi connectivity index (χ1n) is 6.46. The van der Waals surface area contributed by atoms with Crippen molar-refractivity contribution in [2.45, 2.75) is 38.6 Å². The normalized spacial score (nSPS) is 22.6. The Balaban J connectivity index is 1.84. The molecule has 1 aliphatic rings. The fraction of sp³-hybridized carbons (Fsp3) is 0.769. The number of nitrogens with zero attached hydrogens (tertiary/aromatic N) is 1. The highest BCUT2D eigenvalue weighted by Crippen LogP contribution is 2.27. The second kappa shape index (κ2) is 6.76. The van der Waals surface area contributed by atoms with Gasteiger partial charge in [0, 0.05) is 23.5 Å². The van der Waals surface area contributed by atoms with E-state index in [9.17, 15) is 0 Å². The summed E-state index contributed by atoms with van der Waals surface area (Å²) < 4.78 is 0. The fourth-order valence-electron chi connectivity index (χ4n) is 2.16. The molecule has 2 heterocycles. The lowest BCUT2D eigenvalue weighted by atomic mass is 10.0. The standard InChI is InChI=1S/C13H22N2S2/c1-10(14-2)6-12-8-15-13(17-12)7-11-4-3-5-16-9-11/h8,10-11,14H,3-7,9H2,1-2H3. The average Bonchev–Trinajstić information content (AvgIpc) is 2.77. The molecule has 96 valence electrons. The molecule has 0 aliphatic carbocycles. The molecule has 2 nitrogen and oxygen atoms in total. The lowest BCUT2D eigenvalue weighted by Crippen LogP contribution is -2.22. The van der Waals surface area contributed by atoms with Crippen LogP contribution in [-0.2, 0) is 12.8 Å². The van der Waals surface area contributed by atoms with Crippen molar-refractivity contribution in [3.63, 3.8) is 0 Å². The van der Waals surface area contributed by atoms with Crippen LogP contribution >= 0.6 is 23.1 Å². The van der Waals surface area contributed by atoms with Gasteiger partial charge in [-0.15, -0.1) is 11.3 Å². The van der Waals surface area contributed by atoms with Gasteiger partial charge in [0.2, 0.25) is 0 Å². The highest BCUT2D eigenvalue weighted by atomic mass is 32.2. The highest BCUT2D eigenvalue weighted by Gasteiger charge is 2.16. The van der Waals surface area contributed by atoms with Crippen LogP contribution in [0, 0.1) is 5.92 Å². The van der Waals surface area contributed by atoms with Crippen LogP contribution in [0.3, 0.4) is 0 Å². The molecule has 17 heavy (non-hydrogen) atoms. The van der Waals surface area contributed by atoms with Crippen LogP contribution in [0.2, 0.25) is 0 Å². The van der Waals surface area contributed by atoms with E-state index in [1.807, 2.05) is 18.4 Å². The minimum Gasteiger partial charge on any atom is -0.317 e. The molecule has 1 aliphatic heterocycles. The summed E-state index contributed by atoms with van der Waals surface area (Å²) in [7, 11) is 2.02. The molecule has 2 unspecified atom stereocenters. The van der Waals surface area contributed by atoms with E-state index in [2.05, 4.69) is 35.2 Å². The topological polar surface area (TPSA) is 24.9 Å². The quantitative estimate of drug-likeness (QED) is 0.890. The van der Waals surface area contributed by atoms with Crippen molar-refractivity contribution in [1.29, 1.82) is 0 Å². The molecular weight excluding hydrogens is 248 g/mol. The van der Waals surface area contributed by atoms with Crippen molar-refractivity contribution in [1.82, 2.24) is 10.3 Å². The number of thioether (sulfide) groups is 1. The van der Waals surface area contributed by atoms with Crippen LogP contribution in [-0.4, -0.2) is 29.6 Å². The molecule has 1 aromatic heterocycles. The summed E-state index contributed by atoms with van der Waals surface area (Å²) >= 11 is 4.02. The zero-order chi connectivity index (χ0) is 12.1. The van der Waals surface area contributed by atoms with Gasteiger partial charge in [0.05, 0.1) is 5.01 Å². The third kappa shape index (κ3) is 4.27. The van der Waals surface area contributed by atoms with Gasteiger partial charge in [0.15, 0.2) is 0 Å². The summed E-state index contributed by atoms with van der Waals surface area (Å²) in [5.41, 5.74) is 0. The number of rotatable bonds is 5.